The number of amides is 1. The van der Waals surface area contributed by atoms with Crippen molar-refractivity contribution in [3.05, 3.63) is 64.4 Å². The Balaban J connectivity index is 1.32. The topological polar surface area (TPSA) is 71.7 Å². The van der Waals surface area contributed by atoms with Gasteiger partial charge in [0, 0.05) is 41.0 Å². The lowest BCUT2D eigenvalue weighted by Crippen LogP contribution is -2.38. The van der Waals surface area contributed by atoms with Gasteiger partial charge in [-0.1, -0.05) is 31.0 Å². The number of halogens is 1. The third-order valence-corrected chi connectivity index (χ3v) is 8.47. The first-order valence-electron chi connectivity index (χ1n) is 12.4. The standard InChI is InChI=1S/C27H29FN4O2S/c28-20-7-8-22(30-26(20)31-11-13-34-14-12-31)27(33)32-10-9-18-16-24(21(29)15-17-5-6-17)35-25(18)19-3-1-2-4-23(19)32/h1-4,7-8,16-17,21H,5-6,9-15,29H2. The fourth-order valence-corrected chi connectivity index (χ4v) is 6.28. The smallest absolute Gasteiger partial charge is 0.276 e. The lowest BCUT2D eigenvalue weighted by molar-refractivity contribution is 0.0982. The predicted molar refractivity (Wildman–Crippen MR) is 137 cm³/mol. The van der Waals surface area contributed by atoms with Crippen LogP contribution < -0.4 is 15.5 Å². The summed E-state index contributed by atoms with van der Waals surface area (Å²) in [5.41, 5.74) is 9.93. The summed E-state index contributed by atoms with van der Waals surface area (Å²) in [6.45, 7) is 2.68. The van der Waals surface area contributed by atoms with Crippen molar-refractivity contribution >= 4 is 28.7 Å². The van der Waals surface area contributed by atoms with Gasteiger partial charge in [0.2, 0.25) is 0 Å². The molecule has 1 unspecified atom stereocenters. The molecule has 1 atom stereocenters. The Bertz CT molecular complexity index is 1250. The second-order valence-corrected chi connectivity index (χ2v) is 10.7. The van der Waals surface area contributed by atoms with Gasteiger partial charge in [0.1, 0.15) is 5.69 Å². The number of benzene rings is 1. The highest BCUT2D eigenvalue weighted by Crippen LogP contribution is 2.45. The van der Waals surface area contributed by atoms with Crippen molar-refractivity contribution in [3.63, 3.8) is 0 Å². The zero-order valence-corrected chi connectivity index (χ0v) is 20.4. The quantitative estimate of drug-likeness (QED) is 0.555. The molecular weight excluding hydrogens is 463 g/mol. The predicted octanol–water partition coefficient (Wildman–Crippen LogP) is 4.79. The van der Waals surface area contributed by atoms with Crippen LogP contribution in [-0.2, 0) is 11.2 Å². The second-order valence-electron chi connectivity index (χ2n) is 9.61. The number of anilines is 2. The molecule has 8 heteroatoms. The van der Waals surface area contributed by atoms with Crippen LogP contribution in [0.1, 0.15) is 46.2 Å². The number of carbonyl (C=O) groups excluding carboxylic acids is 1. The molecular formula is C27H29FN4O2S. The first-order valence-corrected chi connectivity index (χ1v) is 13.2. The maximum absolute atomic E-state index is 14.6. The van der Waals surface area contributed by atoms with Crippen LogP contribution in [0.2, 0.25) is 0 Å². The van der Waals surface area contributed by atoms with Gasteiger partial charge in [0.15, 0.2) is 11.6 Å². The molecule has 3 aliphatic rings. The van der Waals surface area contributed by atoms with Crippen LogP contribution in [0.15, 0.2) is 42.5 Å². The molecule has 0 spiro atoms. The lowest BCUT2D eigenvalue weighted by Gasteiger charge is -2.28. The van der Waals surface area contributed by atoms with E-state index in [9.17, 15) is 9.18 Å². The van der Waals surface area contributed by atoms with Crippen molar-refractivity contribution in [2.24, 2.45) is 11.7 Å². The highest BCUT2D eigenvalue weighted by atomic mass is 32.1. The number of rotatable bonds is 5. The van der Waals surface area contributed by atoms with E-state index < -0.39 is 5.82 Å². The number of fused-ring (bicyclic) bond motifs is 3. The van der Waals surface area contributed by atoms with Gasteiger partial charge in [0.05, 0.1) is 18.9 Å². The van der Waals surface area contributed by atoms with Crippen LogP contribution in [0.5, 0.6) is 0 Å². The van der Waals surface area contributed by atoms with Gasteiger partial charge in [-0.25, -0.2) is 9.37 Å². The molecule has 2 fully saturated rings. The largest absolute Gasteiger partial charge is 0.378 e. The number of nitrogens with zero attached hydrogens (tertiary/aromatic N) is 3. The maximum atomic E-state index is 14.6. The summed E-state index contributed by atoms with van der Waals surface area (Å²) < 4.78 is 20.0. The van der Waals surface area contributed by atoms with Crippen LogP contribution in [0.3, 0.4) is 0 Å². The molecule has 2 aromatic heterocycles. The van der Waals surface area contributed by atoms with E-state index in [2.05, 4.69) is 17.1 Å². The Kier molecular flexibility index (Phi) is 6.04. The van der Waals surface area contributed by atoms with Crippen LogP contribution in [0, 0.1) is 11.7 Å². The zero-order valence-electron chi connectivity index (χ0n) is 19.6. The van der Waals surface area contributed by atoms with E-state index in [4.69, 9.17) is 10.5 Å². The zero-order chi connectivity index (χ0) is 23.9. The molecule has 4 heterocycles. The number of aromatic nitrogens is 1. The average Bonchev–Trinajstić information content (AvgIpc) is 3.63. The maximum Gasteiger partial charge on any atom is 0.276 e. The molecule has 6 nitrogen and oxygen atoms in total. The minimum absolute atomic E-state index is 0.0753. The third-order valence-electron chi connectivity index (χ3n) is 7.12. The molecule has 0 radical (unpaired) electrons. The van der Waals surface area contributed by atoms with E-state index in [1.165, 1.54) is 40.3 Å². The summed E-state index contributed by atoms with van der Waals surface area (Å²) in [6, 6.07) is 13.2. The summed E-state index contributed by atoms with van der Waals surface area (Å²) in [7, 11) is 0. The Hall–Kier alpha value is -2.81. The molecule has 1 aromatic carbocycles. The SMILES string of the molecule is NC(CC1CC1)c1cc2c(s1)-c1ccccc1N(C(=O)c1ccc(F)c(N3CCOCC3)n1)CC2. The second kappa shape index (κ2) is 9.33. The highest BCUT2D eigenvalue weighted by Gasteiger charge is 2.30. The lowest BCUT2D eigenvalue weighted by atomic mass is 10.1. The van der Waals surface area contributed by atoms with Crippen LogP contribution in [0.4, 0.5) is 15.9 Å². The molecule has 2 N–H and O–H groups in total. The molecule has 1 saturated heterocycles. The fraction of sp³-hybridized carbons (Fsp3) is 0.407. The van der Waals surface area contributed by atoms with E-state index in [0.717, 1.165) is 30.0 Å². The molecule has 3 aromatic rings. The first kappa shape index (κ1) is 22.6. The van der Waals surface area contributed by atoms with Crippen molar-refractivity contribution < 1.29 is 13.9 Å². The van der Waals surface area contributed by atoms with Crippen molar-refractivity contribution in [3.8, 4) is 10.4 Å². The number of pyridine rings is 1. The minimum atomic E-state index is -0.419. The Morgan fingerprint density at radius 1 is 1.17 bits per heavy atom. The van der Waals surface area contributed by atoms with E-state index in [0.29, 0.717) is 32.8 Å². The number of ether oxygens (including phenoxy) is 1. The summed E-state index contributed by atoms with van der Waals surface area (Å²) >= 11 is 1.76. The van der Waals surface area contributed by atoms with E-state index >= 15 is 0 Å². The van der Waals surface area contributed by atoms with Crippen LogP contribution in [-0.4, -0.2) is 43.7 Å². The highest BCUT2D eigenvalue weighted by molar-refractivity contribution is 7.15. The van der Waals surface area contributed by atoms with Crippen molar-refractivity contribution in [1.82, 2.24) is 4.98 Å². The van der Waals surface area contributed by atoms with Gasteiger partial charge in [-0.2, -0.15) is 0 Å². The molecule has 6 rings (SSSR count). The van der Waals surface area contributed by atoms with E-state index in [1.807, 2.05) is 23.1 Å². The van der Waals surface area contributed by atoms with Crippen molar-refractivity contribution in [2.75, 3.05) is 42.6 Å². The van der Waals surface area contributed by atoms with Crippen LogP contribution >= 0.6 is 11.3 Å². The summed E-state index contributed by atoms with van der Waals surface area (Å²) in [6.07, 6.45) is 4.38. The molecule has 1 aliphatic carbocycles. The number of hydrogen-bond donors (Lipinski definition) is 1. The Morgan fingerprint density at radius 3 is 2.77 bits per heavy atom. The normalized spacial score (nSPS) is 18.6. The minimum Gasteiger partial charge on any atom is -0.378 e. The molecule has 182 valence electrons. The Morgan fingerprint density at radius 2 is 1.97 bits per heavy atom. The van der Waals surface area contributed by atoms with Gasteiger partial charge in [-0.3, -0.25) is 4.79 Å². The van der Waals surface area contributed by atoms with Gasteiger partial charge < -0.3 is 20.3 Å². The number of carbonyl (C=O) groups is 1. The third kappa shape index (κ3) is 4.46. The average molecular weight is 493 g/mol. The van der Waals surface area contributed by atoms with Gasteiger partial charge >= 0.3 is 0 Å². The summed E-state index contributed by atoms with van der Waals surface area (Å²) in [5, 5.41) is 0. The summed E-state index contributed by atoms with van der Waals surface area (Å²) in [5.74, 6) is 0.359. The summed E-state index contributed by atoms with van der Waals surface area (Å²) in [4.78, 5) is 24.2. The van der Waals surface area contributed by atoms with Gasteiger partial charge in [-0.05, 0) is 48.6 Å². The molecule has 1 amide bonds. The monoisotopic (exact) mass is 492 g/mol. The number of nitrogens with two attached hydrogens (primary N) is 1. The number of para-hydroxylation sites is 1. The number of morpholine rings is 1. The van der Waals surface area contributed by atoms with Crippen molar-refractivity contribution in [1.29, 1.82) is 0 Å². The number of hydrogen-bond acceptors (Lipinski definition) is 6. The van der Waals surface area contributed by atoms with Gasteiger partial charge in [-0.15, -0.1) is 11.3 Å². The van der Waals surface area contributed by atoms with E-state index in [-0.39, 0.29) is 23.5 Å². The first-order chi connectivity index (χ1) is 17.1. The molecule has 1 saturated carbocycles. The van der Waals surface area contributed by atoms with Gasteiger partial charge in [0.25, 0.3) is 5.91 Å². The van der Waals surface area contributed by atoms with E-state index in [1.54, 1.807) is 16.2 Å². The molecule has 35 heavy (non-hydrogen) atoms. The van der Waals surface area contributed by atoms with Crippen LogP contribution in [0.25, 0.3) is 10.4 Å². The van der Waals surface area contributed by atoms with Crippen molar-refractivity contribution in [2.45, 2.75) is 31.7 Å². The molecule has 2 aliphatic heterocycles. The molecule has 0 bridgehead atoms. The Labute approximate surface area is 208 Å². The number of thiophene rings is 1. The fourth-order valence-electron chi connectivity index (χ4n) is 5.03.